The molecule has 6 nitrogen and oxygen atoms in total. The first-order chi connectivity index (χ1) is 8.95. The van der Waals surface area contributed by atoms with Gasteiger partial charge in [0, 0.05) is 6.54 Å². The number of nitrogens with zero attached hydrogens (tertiary/aromatic N) is 1. The van der Waals surface area contributed by atoms with Crippen LogP contribution < -0.4 is 5.73 Å². The second kappa shape index (κ2) is 6.63. The number of rotatable bonds is 6. The van der Waals surface area contributed by atoms with Gasteiger partial charge in [0.1, 0.15) is 11.5 Å². The quantitative estimate of drug-likeness (QED) is 0.663. The van der Waals surface area contributed by atoms with Crippen LogP contribution in [0.25, 0.3) is 0 Å². The number of benzene rings is 1. The highest BCUT2D eigenvalue weighted by Gasteiger charge is 2.20. The number of nitrogens with two attached hydrogens (primary N) is 1. The first-order valence-electron chi connectivity index (χ1n) is 6.05. The largest absolute Gasteiger partial charge is 0.508 e. The highest BCUT2D eigenvalue weighted by Crippen LogP contribution is 2.23. The third kappa shape index (κ3) is 4.17. The first kappa shape index (κ1) is 14.8. The van der Waals surface area contributed by atoms with Crippen LogP contribution in [0.5, 0.6) is 11.5 Å². The van der Waals surface area contributed by atoms with E-state index in [2.05, 4.69) is 0 Å². The lowest BCUT2D eigenvalue weighted by atomic mass is 10.1. The molecule has 1 rings (SSSR count). The molecule has 0 heterocycles. The molecular formula is C13H18N2O4. The summed E-state index contributed by atoms with van der Waals surface area (Å²) < 4.78 is 0. The molecular weight excluding hydrogens is 248 g/mol. The van der Waals surface area contributed by atoms with Gasteiger partial charge in [-0.2, -0.15) is 0 Å². The zero-order valence-electron chi connectivity index (χ0n) is 10.8. The van der Waals surface area contributed by atoms with Crippen molar-refractivity contribution in [1.29, 1.82) is 0 Å². The number of primary amides is 1. The van der Waals surface area contributed by atoms with Crippen molar-refractivity contribution in [2.75, 3.05) is 13.1 Å². The fourth-order valence-electron chi connectivity index (χ4n) is 1.66. The average Bonchev–Trinajstić information content (AvgIpc) is 2.36. The summed E-state index contributed by atoms with van der Waals surface area (Å²) in [5.41, 5.74) is 5.06. The lowest BCUT2D eigenvalue weighted by Gasteiger charge is -2.21. The summed E-state index contributed by atoms with van der Waals surface area (Å²) in [6.45, 7) is 2.11. The Hall–Kier alpha value is -2.24. The van der Waals surface area contributed by atoms with Crippen molar-refractivity contribution < 1.29 is 19.8 Å². The predicted molar refractivity (Wildman–Crippen MR) is 69.8 cm³/mol. The Kier molecular flexibility index (Phi) is 5.17. The summed E-state index contributed by atoms with van der Waals surface area (Å²) in [6.07, 6.45) is 1.58. The molecule has 0 aliphatic rings. The maximum Gasteiger partial charge on any atom is 0.258 e. The first-order valence-corrected chi connectivity index (χ1v) is 6.05. The van der Waals surface area contributed by atoms with Gasteiger partial charge in [-0.05, 0) is 24.6 Å². The van der Waals surface area contributed by atoms with Gasteiger partial charge in [0.05, 0.1) is 12.1 Å². The van der Waals surface area contributed by atoms with E-state index in [0.29, 0.717) is 6.54 Å². The van der Waals surface area contributed by atoms with E-state index >= 15 is 0 Å². The molecule has 0 atom stereocenters. The molecule has 1 aromatic carbocycles. The van der Waals surface area contributed by atoms with Gasteiger partial charge in [-0.1, -0.05) is 13.3 Å². The Morgan fingerprint density at radius 2 is 2.00 bits per heavy atom. The zero-order chi connectivity index (χ0) is 14.4. The van der Waals surface area contributed by atoms with Crippen molar-refractivity contribution >= 4 is 11.8 Å². The molecule has 1 aromatic rings. The Balaban J connectivity index is 2.97. The summed E-state index contributed by atoms with van der Waals surface area (Å²) in [5, 5.41) is 19.0. The van der Waals surface area contributed by atoms with Gasteiger partial charge < -0.3 is 20.8 Å². The van der Waals surface area contributed by atoms with Gasteiger partial charge in [0.15, 0.2) is 0 Å². The number of amides is 2. The van der Waals surface area contributed by atoms with Crippen LogP contribution in [-0.4, -0.2) is 40.0 Å². The minimum Gasteiger partial charge on any atom is -0.508 e. The monoisotopic (exact) mass is 266 g/mol. The standard InChI is InChI=1S/C13H18N2O4/c1-2-3-6-15(8-12(14)18)13(19)10-7-9(16)4-5-11(10)17/h4-5,7,16-17H,2-3,6,8H2,1H3,(H2,14,18). The number of hydrogen-bond donors (Lipinski definition) is 3. The molecule has 0 unspecified atom stereocenters. The van der Waals surface area contributed by atoms with E-state index < -0.39 is 11.8 Å². The van der Waals surface area contributed by atoms with Crippen LogP contribution in [0.1, 0.15) is 30.1 Å². The van der Waals surface area contributed by atoms with Crippen LogP contribution in [0.3, 0.4) is 0 Å². The van der Waals surface area contributed by atoms with Gasteiger partial charge in [-0.15, -0.1) is 0 Å². The minimum atomic E-state index is -0.621. The number of carbonyl (C=O) groups is 2. The van der Waals surface area contributed by atoms with E-state index in [0.717, 1.165) is 18.9 Å². The van der Waals surface area contributed by atoms with Crippen LogP contribution in [0, 0.1) is 0 Å². The molecule has 6 heteroatoms. The Bertz CT molecular complexity index is 474. The molecule has 0 saturated heterocycles. The zero-order valence-corrected chi connectivity index (χ0v) is 10.8. The fraction of sp³-hybridized carbons (Fsp3) is 0.385. The number of phenols is 2. The van der Waals surface area contributed by atoms with E-state index in [-0.39, 0.29) is 23.6 Å². The lowest BCUT2D eigenvalue weighted by molar-refractivity contribution is -0.118. The Morgan fingerprint density at radius 1 is 1.32 bits per heavy atom. The SMILES string of the molecule is CCCCN(CC(N)=O)C(=O)c1cc(O)ccc1O. The smallest absolute Gasteiger partial charge is 0.258 e. The third-order valence-electron chi connectivity index (χ3n) is 2.63. The molecule has 19 heavy (non-hydrogen) atoms. The Morgan fingerprint density at radius 3 is 2.58 bits per heavy atom. The van der Waals surface area contributed by atoms with Gasteiger partial charge in [0.2, 0.25) is 5.91 Å². The van der Waals surface area contributed by atoms with Gasteiger partial charge in [0.25, 0.3) is 5.91 Å². The van der Waals surface area contributed by atoms with Crippen LogP contribution >= 0.6 is 0 Å². The van der Waals surface area contributed by atoms with Gasteiger partial charge in [-0.3, -0.25) is 9.59 Å². The van der Waals surface area contributed by atoms with Crippen molar-refractivity contribution in [2.24, 2.45) is 5.73 Å². The van der Waals surface area contributed by atoms with Crippen molar-refractivity contribution in [3.63, 3.8) is 0 Å². The molecule has 0 bridgehead atoms. The van der Waals surface area contributed by atoms with Crippen LogP contribution in [-0.2, 0) is 4.79 Å². The molecule has 0 radical (unpaired) electrons. The second-order valence-corrected chi connectivity index (χ2v) is 4.25. The van der Waals surface area contributed by atoms with E-state index in [1.807, 2.05) is 6.92 Å². The number of phenolic OH excluding ortho intramolecular Hbond substituents is 2. The summed E-state index contributed by atoms with van der Waals surface area (Å²) in [7, 11) is 0. The minimum absolute atomic E-state index is 0.0441. The number of aromatic hydroxyl groups is 2. The topological polar surface area (TPSA) is 104 Å². The Labute approximate surface area is 111 Å². The molecule has 104 valence electrons. The molecule has 0 aliphatic carbocycles. The van der Waals surface area contributed by atoms with E-state index in [1.54, 1.807) is 0 Å². The molecule has 2 amide bonds. The molecule has 0 fully saturated rings. The summed E-state index contributed by atoms with van der Waals surface area (Å²) in [4.78, 5) is 24.4. The molecule has 0 aromatic heterocycles. The number of carbonyl (C=O) groups excluding carboxylic acids is 2. The average molecular weight is 266 g/mol. The highest BCUT2D eigenvalue weighted by molar-refractivity contribution is 5.98. The van der Waals surface area contributed by atoms with Crippen molar-refractivity contribution in [3.05, 3.63) is 23.8 Å². The van der Waals surface area contributed by atoms with Crippen LogP contribution in [0.2, 0.25) is 0 Å². The fourth-order valence-corrected chi connectivity index (χ4v) is 1.66. The van der Waals surface area contributed by atoms with Gasteiger partial charge >= 0.3 is 0 Å². The summed E-state index contributed by atoms with van der Waals surface area (Å²) >= 11 is 0. The number of hydrogen-bond acceptors (Lipinski definition) is 4. The third-order valence-corrected chi connectivity index (χ3v) is 2.63. The molecule has 0 spiro atoms. The maximum absolute atomic E-state index is 12.2. The van der Waals surface area contributed by atoms with Crippen LogP contribution in [0.15, 0.2) is 18.2 Å². The molecule has 0 aliphatic heterocycles. The molecule has 4 N–H and O–H groups in total. The van der Waals surface area contributed by atoms with E-state index in [1.165, 1.54) is 17.0 Å². The second-order valence-electron chi connectivity index (χ2n) is 4.25. The van der Waals surface area contributed by atoms with Crippen molar-refractivity contribution in [3.8, 4) is 11.5 Å². The van der Waals surface area contributed by atoms with Crippen molar-refractivity contribution in [1.82, 2.24) is 4.90 Å². The normalized spacial score (nSPS) is 10.2. The number of unbranched alkanes of at least 4 members (excludes halogenated alkanes) is 1. The summed E-state index contributed by atoms with van der Waals surface area (Å²) in [6, 6.07) is 3.67. The summed E-state index contributed by atoms with van der Waals surface area (Å²) in [5.74, 6) is -1.52. The van der Waals surface area contributed by atoms with Gasteiger partial charge in [-0.25, -0.2) is 0 Å². The van der Waals surface area contributed by atoms with Crippen molar-refractivity contribution in [2.45, 2.75) is 19.8 Å². The maximum atomic E-state index is 12.2. The molecule has 0 saturated carbocycles. The predicted octanol–water partition coefficient (Wildman–Crippen LogP) is 0.825. The van der Waals surface area contributed by atoms with Crippen LogP contribution in [0.4, 0.5) is 0 Å². The van der Waals surface area contributed by atoms with E-state index in [9.17, 15) is 19.8 Å². The lowest BCUT2D eigenvalue weighted by Crippen LogP contribution is -2.39. The van der Waals surface area contributed by atoms with E-state index in [4.69, 9.17) is 5.73 Å². The highest BCUT2D eigenvalue weighted by atomic mass is 16.3.